The van der Waals surface area contributed by atoms with Crippen molar-refractivity contribution < 1.29 is 27.2 Å². The topological polar surface area (TPSA) is 126 Å². The van der Waals surface area contributed by atoms with Crippen LogP contribution in [-0.2, 0) is 16.7 Å². The Morgan fingerprint density at radius 3 is 2.23 bits per heavy atom. The molecule has 0 bridgehead atoms. The first-order chi connectivity index (χ1) is 14.8. The van der Waals surface area contributed by atoms with Crippen LogP contribution in [0.4, 0.5) is 5.69 Å². The van der Waals surface area contributed by atoms with Crippen LogP contribution in [0.15, 0.2) is 86.9 Å². The van der Waals surface area contributed by atoms with E-state index in [9.17, 15) is 23.4 Å². The van der Waals surface area contributed by atoms with E-state index in [0.717, 1.165) is 5.56 Å². The van der Waals surface area contributed by atoms with Gasteiger partial charge in [0.05, 0.1) is 0 Å². The minimum atomic E-state index is -4.20. The number of phenolic OH excluding ortho intramolecular Hbond substituents is 2. The molecule has 0 saturated carbocycles. The van der Waals surface area contributed by atoms with E-state index in [0.29, 0.717) is 11.9 Å². The van der Waals surface area contributed by atoms with E-state index < -0.39 is 15.7 Å². The molecule has 4 rings (SSSR count). The van der Waals surface area contributed by atoms with Crippen molar-refractivity contribution in [3.63, 3.8) is 0 Å². The maximum Gasteiger partial charge on any atom is 0.359 e. The van der Waals surface area contributed by atoms with Gasteiger partial charge >= 0.3 is 15.7 Å². The van der Waals surface area contributed by atoms with Gasteiger partial charge in [-0.15, -0.1) is 0 Å². The number of aromatic hydroxyl groups is 2. The highest BCUT2D eigenvalue weighted by Gasteiger charge is 2.20. The van der Waals surface area contributed by atoms with E-state index in [-0.39, 0.29) is 33.4 Å². The van der Waals surface area contributed by atoms with Crippen molar-refractivity contribution in [2.75, 3.05) is 5.32 Å². The van der Waals surface area contributed by atoms with Gasteiger partial charge in [-0.2, -0.15) is 8.42 Å². The molecule has 1 heterocycles. The maximum atomic E-state index is 12.5. The van der Waals surface area contributed by atoms with E-state index in [4.69, 9.17) is 8.60 Å². The second kappa shape index (κ2) is 8.04. The fourth-order valence-electron chi connectivity index (χ4n) is 2.90. The molecule has 0 spiro atoms. The minimum absolute atomic E-state index is 0.00923. The van der Waals surface area contributed by atoms with Crippen molar-refractivity contribution in [1.82, 2.24) is 0 Å². The van der Waals surface area contributed by atoms with Crippen LogP contribution in [0.25, 0.3) is 11.0 Å². The number of benzene rings is 3. The molecule has 0 amide bonds. The van der Waals surface area contributed by atoms with Gasteiger partial charge in [-0.05, 0) is 54.1 Å². The fourth-order valence-corrected chi connectivity index (χ4v) is 3.83. The molecule has 8 nitrogen and oxygen atoms in total. The van der Waals surface area contributed by atoms with Gasteiger partial charge in [0.2, 0.25) is 0 Å². The number of anilines is 1. The number of hydrogen-bond acceptors (Lipinski definition) is 8. The Labute approximate surface area is 177 Å². The Balaban J connectivity index is 1.62. The molecule has 0 unspecified atom stereocenters. The van der Waals surface area contributed by atoms with Gasteiger partial charge in [0, 0.05) is 11.9 Å². The lowest BCUT2D eigenvalue weighted by atomic mass is 10.2. The Morgan fingerprint density at radius 2 is 1.55 bits per heavy atom. The van der Waals surface area contributed by atoms with Crippen LogP contribution in [0.5, 0.6) is 17.2 Å². The van der Waals surface area contributed by atoms with Gasteiger partial charge in [-0.3, -0.25) is 0 Å². The molecule has 3 aromatic carbocycles. The minimum Gasteiger partial charge on any atom is -0.508 e. The molecule has 0 aliphatic carbocycles. The SMILES string of the molecule is O=c1oc2c(OS(=O)(=O)c3ccc(O)cc3)cccc2cc1NCc1ccc(O)cc1. The number of phenols is 2. The summed E-state index contributed by atoms with van der Waals surface area (Å²) in [6.45, 7) is 0.321. The van der Waals surface area contributed by atoms with Gasteiger partial charge in [-0.25, -0.2) is 4.79 Å². The lowest BCUT2D eigenvalue weighted by Gasteiger charge is -2.10. The van der Waals surface area contributed by atoms with E-state index in [1.54, 1.807) is 30.3 Å². The predicted octanol–water partition coefficient (Wildman–Crippen LogP) is 3.58. The summed E-state index contributed by atoms with van der Waals surface area (Å²) >= 11 is 0. The fraction of sp³-hybridized carbons (Fsp3) is 0.0455. The first-order valence-electron chi connectivity index (χ1n) is 9.14. The highest BCUT2D eigenvalue weighted by molar-refractivity contribution is 7.87. The normalized spacial score (nSPS) is 11.4. The molecule has 9 heteroatoms. The first-order valence-corrected chi connectivity index (χ1v) is 10.5. The first kappa shape index (κ1) is 20.3. The monoisotopic (exact) mass is 439 g/mol. The van der Waals surface area contributed by atoms with Crippen LogP contribution in [0.3, 0.4) is 0 Å². The molecule has 4 aromatic rings. The standard InChI is InChI=1S/C22H17NO7S/c24-16-6-4-14(5-7-16)13-23-19-12-15-2-1-3-20(21(15)29-22(19)26)30-31(27,28)18-10-8-17(25)9-11-18/h1-12,23-25H,13H2. The van der Waals surface area contributed by atoms with Crippen molar-refractivity contribution in [1.29, 1.82) is 0 Å². The molecule has 31 heavy (non-hydrogen) atoms. The Hall–Kier alpha value is -3.98. The van der Waals surface area contributed by atoms with Crippen molar-refractivity contribution in [3.05, 3.63) is 88.8 Å². The van der Waals surface area contributed by atoms with Crippen LogP contribution >= 0.6 is 0 Å². The average Bonchev–Trinajstić information content (AvgIpc) is 2.74. The summed E-state index contributed by atoms with van der Waals surface area (Å²) in [4.78, 5) is 12.3. The molecule has 3 N–H and O–H groups in total. The van der Waals surface area contributed by atoms with E-state index in [1.807, 2.05) is 0 Å². The highest BCUT2D eigenvalue weighted by Crippen LogP contribution is 2.29. The lowest BCUT2D eigenvalue weighted by molar-refractivity contribution is 0.470. The van der Waals surface area contributed by atoms with E-state index in [1.165, 1.54) is 42.5 Å². The third-order valence-corrected chi connectivity index (χ3v) is 5.72. The Morgan fingerprint density at radius 1 is 0.903 bits per heavy atom. The van der Waals surface area contributed by atoms with E-state index in [2.05, 4.69) is 5.32 Å². The summed E-state index contributed by atoms with van der Waals surface area (Å²) in [5.41, 5.74) is 0.336. The smallest absolute Gasteiger partial charge is 0.359 e. The summed E-state index contributed by atoms with van der Waals surface area (Å²) < 4.78 is 35.6. The molecular weight excluding hydrogens is 422 g/mol. The van der Waals surface area contributed by atoms with Crippen molar-refractivity contribution in [2.45, 2.75) is 11.4 Å². The summed E-state index contributed by atoms with van der Waals surface area (Å²) in [5.74, 6) is -0.0704. The third-order valence-electron chi connectivity index (χ3n) is 4.47. The number of nitrogens with one attached hydrogen (secondary N) is 1. The largest absolute Gasteiger partial charge is 0.508 e. The van der Waals surface area contributed by atoms with Gasteiger partial charge < -0.3 is 24.1 Å². The molecular formula is C22H17NO7S. The number of rotatable bonds is 6. The zero-order chi connectivity index (χ0) is 22.0. The second-order valence-electron chi connectivity index (χ2n) is 6.67. The van der Waals surface area contributed by atoms with Crippen LogP contribution in [0.2, 0.25) is 0 Å². The molecule has 0 atom stereocenters. The third kappa shape index (κ3) is 4.46. The number of fused-ring (bicyclic) bond motifs is 1. The van der Waals surface area contributed by atoms with Crippen LogP contribution < -0.4 is 15.1 Å². The predicted molar refractivity (Wildman–Crippen MR) is 114 cm³/mol. The molecule has 158 valence electrons. The van der Waals surface area contributed by atoms with Crippen molar-refractivity contribution in [2.24, 2.45) is 0 Å². The van der Waals surface area contributed by atoms with Crippen molar-refractivity contribution >= 4 is 26.8 Å². The molecule has 0 saturated heterocycles. The molecule has 1 aromatic heterocycles. The second-order valence-corrected chi connectivity index (χ2v) is 8.22. The van der Waals surface area contributed by atoms with Gasteiger partial charge in [-0.1, -0.05) is 24.3 Å². The maximum absolute atomic E-state index is 12.5. The van der Waals surface area contributed by atoms with Crippen LogP contribution in [0, 0.1) is 0 Å². The molecule has 0 aliphatic rings. The highest BCUT2D eigenvalue weighted by atomic mass is 32.2. The van der Waals surface area contributed by atoms with Crippen LogP contribution in [0.1, 0.15) is 5.56 Å². The number of hydrogen-bond donors (Lipinski definition) is 3. The lowest BCUT2D eigenvalue weighted by Crippen LogP contribution is -2.12. The van der Waals surface area contributed by atoms with E-state index >= 15 is 0 Å². The van der Waals surface area contributed by atoms with Gasteiger partial charge in [0.1, 0.15) is 22.1 Å². The van der Waals surface area contributed by atoms with Crippen LogP contribution in [-0.4, -0.2) is 18.6 Å². The molecule has 0 fully saturated rings. The summed E-state index contributed by atoms with van der Waals surface area (Å²) in [6.07, 6.45) is 0. The Kier molecular flexibility index (Phi) is 5.26. The zero-order valence-corrected chi connectivity index (χ0v) is 16.8. The van der Waals surface area contributed by atoms with Gasteiger partial charge in [0.15, 0.2) is 11.3 Å². The molecule has 0 radical (unpaired) electrons. The number of para-hydroxylation sites is 1. The summed E-state index contributed by atoms with van der Waals surface area (Å²) in [5, 5.41) is 22.1. The summed E-state index contributed by atoms with van der Waals surface area (Å²) in [6, 6.07) is 17.5. The summed E-state index contributed by atoms with van der Waals surface area (Å²) in [7, 11) is -4.20. The zero-order valence-electron chi connectivity index (χ0n) is 16.0. The molecule has 0 aliphatic heterocycles. The van der Waals surface area contributed by atoms with Crippen molar-refractivity contribution in [3.8, 4) is 17.2 Å². The van der Waals surface area contributed by atoms with Gasteiger partial charge in [0.25, 0.3) is 0 Å². The quantitative estimate of drug-likeness (QED) is 0.307. The Bertz CT molecular complexity index is 1390. The average molecular weight is 439 g/mol.